The van der Waals surface area contributed by atoms with Gasteiger partial charge in [0, 0.05) is 38.3 Å². The number of carbonyl (C=O) groups excluding carboxylic acids is 1. The van der Waals surface area contributed by atoms with Crippen LogP contribution in [0.4, 0.5) is 10.6 Å². The van der Waals surface area contributed by atoms with Gasteiger partial charge in [0.25, 0.3) is 0 Å². The smallest absolute Gasteiger partial charge is 0.409 e. The lowest BCUT2D eigenvalue weighted by Crippen LogP contribution is -2.49. The van der Waals surface area contributed by atoms with Crippen molar-refractivity contribution in [1.82, 2.24) is 15.1 Å². The summed E-state index contributed by atoms with van der Waals surface area (Å²) in [6.07, 6.45) is 1.39. The van der Waals surface area contributed by atoms with Crippen LogP contribution in [0.2, 0.25) is 0 Å². The van der Waals surface area contributed by atoms with Crippen LogP contribution in [0.1, 0.15) is 12.5 Å². The molecule has 7 heteroatoms. The quantitative estimate of drug-likeness (QED) is 0.841. The molecule has 0 bridgehead atoms. The van der Waals surface area contributed by atoms with Crippen LogP contribution in [0.25, 0.3) is 0 Å². The zero-order valence-electron chi connectivity index (χ0n) is 11.1. The maximum Gasteiger partial charge on any atom is 0.409 e. The summed E-state index contributed by atoms with van der Waals surface area (Å²) >= 11 is 0. The number of nitrogens with two attached hydrogens (primary N) is 1. The monoisotopic (exact) mass is 265 g/mol. The predicted molar refractivity (Wildman–Crippen MR) is 70.7 cm³/mol. The number of hydrogen-bond acceptors (Lipinski definition) is 6. The number of hydrogen-bond donors (Lipinski definition) is 1. The summed E-state index contributed by atoms with van der Waals surface area (Å²) in [6, 6.07) is 1.88. The maximum absolute atomic E-state index is 11.6. The molecule has 2 rings (SSSR count). The molecule has 104 valence electrons. The standard InChI is InChI=1S/C12H19N5O2/c1-2-19-12(18)17-7-5-16(6-8-17)11-10(9-13)3-4-14-15-11/h3-4H,2,5-9,13H2,1H3. The first-order chi connectivity index (χ1) is 9.26. The van der Waals surface area contributed by atoms with Crippen molar-refractivity contribution in [1.29, 1.82) is 0 Å². The summed E-state index contributed by atoms with van der Waals surface area (Å²) in [6.45, 7) is 5.32. The van der Waals surface area contributed by atoms with E-state index in [4.69, 9.17) is 10.5 Å². The first-order valence-electron chi connectivity index (χ1n) is 6.43. The van der Waals surface area contributed by atoms with Crippen molar-refractivity contribution in [3.05, 3.63) is 17.8 Å². The third kappa shape index (κ3) is 3.11. The number of amides is 1. The third-order valence-corrected chi connectivity index (χ3v) is 3.11. The molecule has 2 N–H and O–H groups in total. The molecular formula is C12H19N5O2. The Morgan fingerprint density at radius 1 is 1.42 bits per heavy atom. The molecule has 1 aromatic rings. The molecule has 1 aromatic heterocycles. The van der Waals surface area contributed by atoms with Gasteiger partial charge in [-0.2, -0.15) is 5.10 Å². The Balaban J connectivity index is 1.98. The van der Waals surface area contributed by atoms with Gasteiger partial charge in [0.05, 0.1) is 12.8 Å². The van der Waals surface area contributed by atoms with Crippen LogP contribution in [0, 0.1) is 0 Å². The van der Waals surface area contributed by atoms with E-state index in [2.05, 4.69) is 15.1 Å². The van der Waals surface area contributed by atoms with E-state index in [0.717, 1.165) is 11.4 Å². The minimum absolute atomic E-state index is 0.250. The summed E-state index contributed by atoms with van der Waals surface area (Å²) in [7, 11) is 0. The van der Waals surface area contributed by atoms with E-state index in [1.54, 1.807) is 18.0 Å². The topological polar surface area (TPSA) is 84.6 Å². The molecular weight excluding hydrogens is 246 g/mol. The first-order valence-corrected chi connectivity index (χ1v) is 6.43. The molecule has 0 radical (unpaired) electrons. The fourth-order valence-electron chi connectivity index (χ4n) is 2.09. The molecule has 0 spiro atoms. The molecule has 2 heterocycles. The number of anilines is 1. The van der Waals surface area contributed by atoms with E-state index in [-0.39, 0.29) is 6.09 Å². The second kappa shape index (κ2) is 6.33. The molecule has 0 unspecified atom stereocenters. The Hall–Kier alpha value is -1.89. The van der Waals surface area contributed by atoms with Crippen molar-refractivity contribution in [2.24, 2.45) is 5.73 Å². The third-order valence-electron chi connectivity index (χ3n) is 3.11. The van der Waals surface area contributed by atoms with Crippen LogP contribution in [0.5, 0.6) is 0 Å². The van der Waals surface area contributed by atoms with Gasteiger partial charge in [0.1, 0.15) is 0 Å². The van der Waals surface area contributed by atoms with Gasteiger partial charge in [0.2, 0.25) is 0 Å². The Morgan fingerprint density at radius 3 is 2.79 bits per heavy atom. The van der Waals surface area contributed by atoms with Crippen molar-refractivity contribution in [3.63, 3.8) is 0 Å². The number of rotatable bonds is 3. The average molecular weight is 265 g/mol. The first kappa shape index (κ1) is 13.5. The van der Waals surface area contributed by atoms with E-state index in [1.807, 2.05) is 6.07 Å². The van der Waals surface area contributed by atoms with Gasteiger partial charge in [-0.1, -0.05) is 0 Å². The highest BCUT2D eigenvalue weighted by Gasteiger charge is 2.23. The van der Waals surface area contributed by atoms with Crippen LogP contribution >= 0.6 is 0 Å². The molecule has 19 heavy (non-hydrogen) atoms. The predicted octanol–water partition coefficient (Wildman–Crippen LogP) is 0.214. The zero-order valence-corrected chi connectivity index (χ0v) is 11.1. The fourth-order valence-corrected chi connectivity index (χ4v) is 2.09. The summed E-state index contributed by atoms with van der Waals surface area (Å²) in [5, 5.41) is 8.04. The average Bonchev–Trinajstić information content (AvgIpc) is 2.47. The summed E-state index contributed by atoms with van der Waals surface area (Å²) in [5.74, 6) is 0.813. The van der Waals surface area contributed by atoms with Gasteiger partial charge < -0.3 is 20.3 Å². The maximum atomic E-state index is 11.6. The number of ether oxygens (including phenoxy) is 1. The van der Waals surface area contributed by atoms with Crippen molar-refractivity contribution in [2.45, 2.75) is 13.5 Å². The highest BCUT2D eigenvalue weighted by Crippen LogP contribution is 2.17. The fraction of sp³-hybridized carbons (Fsp3) is 0.583. The Bertz CT molecular complexity index is 432. The molecule has 1 saturated heterocycles. The minimum atomic E-state index is -0.250. The minimum Gasteiger partial charge on any atom is -0.450 e. The lowest BCUT2D eigenvalue weighted by Gasteiger charge is -2.35. The summed E-state index contributed by atoms with van der Waals surface area (Å²) in [5.41, 5.74) is 6.67. The SMILES string of the molecule is CCOC(=O)N1CCN(c2nnccc2CN)CC1. The molecule has 0 saturated carbocycles. The molecule has 1 fully saturated rings. The van der Waals surface area contributed by atoms with Crippen LogP contribution in [0.15, 0.2) is 12.3 Å². The lowest BCUT2D eigenvalue weighted by molar-refractivity contribution is 0.105. The lowest BCUT2D eigenvalue weighted by atomic mass is 10.2. The number of nitrogens with zero attached hydrogens (tertiary/aromatic N) is 4. The Kier molecular flexibility index (Phi) is 4.51. The van der Waals surface area contributed by atoms with E-state index in [0.29, 0.717) is 39.3 Å². The second-order valence-electron chi connectivity index (χ2n) is 4.26. The van der Waals surface area contributed by atoms with E-state index < -0.39 is 0 Å². The van der Waals surface area contributed by atoms with Crippen LogP contribution in [-0.2, 0) is 11.3 Å². The molecule has 7 nitrogen and oxygen atoms in total. The van der Waals surface area contributed by atoms with Crippen LogP contribution in [0.3, 0.4) is 0 Å². The largest absolute Gasteiger partial charge is 0.450 e. The van der Waals surface area contributed by atoms with Crippen LogP contribution in [-0.4, -0.2) is 54.0 Å². The van der Waals surface area contributed by atoms with E-state index >= 15 is 0 Å². The van der Waals surface area contributed by atoms with Gasteiger partial charge in [0.15, 0.2) is 5.82 Å². The molecule has 1 amide bonds. The highest BCUT2D eigenvalue weighted by atomic mass is 16.6. The number of carbonyl (C=O) groups is 1. The summed E-state index contributed by atoms with van der Waals surface area (Å²) in [4.78, 5) is 15.4. The Labute approximate surface area is 112 Å². The highest BCUT2D eigenvalue weighted by molar-refractivity contribution is 5.68. The Morgan fingerprint density at radius 2 is 2.16 bits per heavy atom. The van der Waals surface area contributed by atoms with Gasteiger partial charge in [-0.3, -0.25) is 0 Å². The summed E-state index contributed by atoms with van der Waals surface area (Å²) < 4.78 is 4.99. The van der Waals surface area contributed by atoms with Crippen LogP contribution < -0.4 is 10.6 Å². The molecule has 1 aliphatic heterocycles. The number of aromatic nitrogens is 2. The van der Waals surface area contributed by atoms with Gasteiger partial charge in [-0.05, 0) is 13.0 Å². The number of piperazine rings is 1. The zero-order chi connectivity index (χ0) is 13.7. The van der Waals surface area contributed by atoms with E-state index in [9.17, 15) is 4.79 Å². The van der Waals surface area contributed by atoms with Crippen molar-refractivity contribution < 1.29 is 9.53 Å². The van der Waals surface area contributed by atoms with Gasteiger partial charge in [-0.15, -0.1) is 5.10 Å². The van der Waals surface area contributed by atoms with Crippen molar-refractivity contribution in [3.8, 4) is 0 Å². The van der Waals surface area contributed by atoms with Gasteiger partial charge >= 0.3 is 6.09 Å². The van der Waals surface area contributed by atoms with Crippen molar-refractivity contribution in [2.75, 3.05) is 37.7 Å². The molecule has 0 aromatic carbocycles. The molecule has 0 atom stereocenters. The normalized spacial score (nSPS) is 15.5. The molecule has 1 aliphatic rings. The second-order valence-corrected chi connectivity index (χ2v) is 4.26. The molecule has 0 aliphatic carbocycles. The van der Waals surface area contributed by atoms with E-state index in [1.165, 1.54) is 0 Å². The van der Waals surface area contributed by atoms with Gasteiger partial charge in [-0.25, -0.2) is 4.79 Å². The van der Waals surface area contributed by atoms with Crippen molar-refractivity contribution >= 4 is 11.9 Å².